The van der Waals surface area contributed by atoms with Gasteiger partial charge >= 0.3 is 0 Å². The highest BCUT2D eigenvalue weighted by atomic mass is 32.2. The number of phenolic OH excluding ortho intramolecular Hbond substituents is 2. The number of phenols is 2. The SMILES string of the molecule is CC(C)(CCSCCSCCC(C)(C)Cn1c(O)c2c(cc1=O)SCC2)Cc1c(O)cc2c(c1O)CCS2. The van der Waals surface area contributed by atoms with E-state index in [1.165, 1.54) is 0 Å². The molecule has 0 spiro atoms. The van der Waals surface area contributed by atoms with E-state index in [0.29, 0.717) is 24.3 Å². The number of benzene rings is 1. The molecular weight excluding hydrogens is 555 g/mol. The van der Waals surface area contributed by atoms with Gasteiger partial charge in [-0.3, -0.25) is 9.36 Å². The molecule has 0 radical (unpaired) electrons. The van der Waals surface area contributed by atoms with Crippen LogP contribution in [-0.4, -0.2) is 54.4 Å². The number of pyridine rings is 1. The zero-order valence-electron chi connectivity index (χ0n) is 23.0. The van der Waals surface area contributed by atoms with Gasteiger partial charge in [0.1, 0.15) is 11.5 Å². The zero-order valence-corrected chi connectivity index (χ0v) is 26.2. The Balaban J connectivity index is 1.15. The summed E-state index contributed by atoms with van der Waals surface area (Å²) in [7, 11) is 0. The predicted molar refractivity (Wildman–Crippen MR) is 166 cm³/mol. The average Bonchev–Trinajstić information content (AvgIpc) is 3.51. The van der Waals surface area contributed by atoms with E-state index in [2.05, 4.69) is 27.7 Å². The summed E-state index contributed by atoms with van der Waals surface area (Å²) in [6.45, 7) is 9.32. The predicted octanol–water partition coefficient (Wildman–Crippen LogP) is 6.80. The number of hydrogen-bond donors (Lipinski definition) is 3. The standard InChI is InChI=1S/C29H41NO4S4/c1-28(2,17-21-22(31)15-23-19(26(21)33)5-9-37-23)7-11-35-13-14-36-12-8-29(3,4)18-30-25(32)16-24-20(27(30)34)6-10-38-24/h15-16,31,33-34H,5-14,17-18H2,1-4H3. The molecular formula is C29H41NO4S4. The van der Waals surface area contributed by atoms with Crippen LogP contribution < -0.4 is 5.56 Å². The van der Waals surface area contributed by atoms with E-state index in [4.69, 9.17) is 0 Å². The van der Waals surface area contributed by atoms with Gasteiger partial charge in [0.2, 0.25) is 0 Å². The van der Waals surface area contributed by atoms with Crippen LogP contribution in [-0.2, 0) is 25.8 Å². The Bertz CT molecular complexity index is 1210. The third-order valence-electron chi connectivity index (χ3n) is 7.47. The lowest BCUT2D eigenvalue weighted by atomic mass is 9.82. The van der Waals surface area contributed by atoms with Crippen LogP contribution in [0.15, 0.2) is 26.7 Å². The van der Waals surface area contributed by atoms with Gasteiger partial charge in [-0.05, 0) is 60.5 Å². The Morgan fingerprint density at radius 2 is 1.42 bits per heavy atom. The Morgan fingerprint density at radius 3 is 2.08 bits per heavy atom. The molecule has 0 atom stereocenters. The smallest absolute Gasteiger partial charge is 0.254 e. The second-order valence-corrected chi connectivity index (χ2v) is 16.6. The van der Waals surface area contributed by atoms with Crippen LogP contribution in [0.1, 0.15) is 57.2 Å². The molecule has 0 amide bonds. The highest BCUT2D eigenvalue weighted by Crippen LogP contribution is 2.45. The highest BCUT2D eigenvalue weighted by molar-refractivity contribution is 8.02. The maximum Gasteiger partial charge on any atom is 0.254 e. The summed E-state index contributed by atoms with van der Waals surface area (Å²) in [5.74, 6) is 6.87. The zero-order chi connectivity index (χ0) is 27.5. The van der Waals surface area contributed by atoms with Crippen molar-refractivity contribution in [2.24, 2.45) is 10.8 Å². The normalized spacial score (nSPS) is 15.2. The van der Waals surface area contributed by atoms with Gasteiger partial charge in [-0.1, -0.05) is 27.7 Å². The van der Waals surface area contributed by atoms with Crippen LogP contribution >= 0.6 is 47.0 Å². The fourth-order valence-corrected chi connectivity index (χ4v) is 9.97. The molecule has 0 unspecified atom stereocenters. The summed E-state index contributed by atoms with van der Waals surface area (Å²) in [6.07, 6.45) is 4.39. The molecule has 3 N–H and O–H groups in total. The summed E-state index contributed by atoms with van der Waals surface area (Å²) >= 11 is 7.28. The molecule has 0 fully saturated rings. The van der Waals surface area contributed by atoms with Gasteiger partial charge in [-0.2, -0.15) is 23.5 Å². The van der Waals surface area contributed by atoms with Crippen molar-refractivity contribution in [1.29, 1.82) is 0 Å². The number of aromatic nitrogens is 1. The number of aromatic hydroxyl groups is 3. The van der Waals surface area contributed by atoms with Crippen LogP contribution in [0, 0.1) is 10.8 Å². The second-order valence-electron chi connectivity index (χ2n) is 11.9. The monoisotopic (exact) mass is 595 g/mol. The molecule has 2 aromatic rings. The average molecular weight is 596 g/mol. The van der Waals surface area contributed by atoms with E-state index >= 15 is 0 Å². The van der Waals surface area contributed by atoms with Crippen LogP contribution in [0.4, 0.5) is 0 Å². The van der Waals surface area contributed by atoms with Crippen molar-refractivity contribution in [3.8, 4) is 17.4 Å². The van der Waals surface area contributed by atoms with Gasteiger partial charge in [0.05, 0.1) is 0 Å². The molecule has 9 heteroatoms. The van der Waals surface area contributed by atoms with Crippen LogP contribution in [0.2, 0.25) is 0 Å². The first-order valence-corrected chi connectivity index (χ1v) is 17.7. The number of rotatable bonds is 13. The summed E-state index contributed by atoms with van der Waals surface area (Å²) in [5, 5.41) is 31.9. The lowest BCUT2D eigenvalue weighted by Gasteiger charge is -2.26. The lowest BCUT2D eigenvalue weighted by molar-refractivity contribution is 0.269. The molecule has 2 aliphatic heterocycles. The fourth-order valence-electron chi connectivity index (χ4n) is 5.05. The van der Waals surface area contributed by atoms with Gasteiger partial charge in [-0.25, -0.2) is 0 Å². The summed E-state index contributed by atoms with van der Waals surface area (Å²) in [5.41, 5.74) is 2.46. The van der Waals surface area contributed by atoms with Crippen LogP contribution in [0.3, 0.4) is 0 Å². The number of hydrogen-bond acceptors (Lipinski definition) is 8. The largest absolute Gasteiger partial charge is 0.507 e. The molecule has 3 heterocycles. The van der Waals surface area contributed by atoms with E-state index in [1.54, 1.807) is 34.2 Å². The fraction of sp³-hybridized carbons (Fsp3) is 0.621. The summed E-state index contributed by atoms with van der Waals surface area (Å²) in [4.78, 5) is 14.5. The van der Waals surface area contributed by atoms with Crippen molar-refractivity contribution in [2.75, 3.05) is 34.5 Å². The van der Waals surface area contributed by atoms with E-state index in [1.807, 2.05) is 29.6 Å². The minimum atomic E-state index is -0.101. The van der Waals surface area contributed by atoms with E-state index in [9.17, 15) is 20.1 Å². The van der Waals surface area contributed by atoms with Crippen molar-refractivity contribution in [1.82, 2.24) is 4.57 Å². The van der Waals surface area contributed by atoms with Gasteiger partial charge in [-0.15, -0.1) is 23.5 Å². The van der Waals surface area contributed by atoms with Gasteiger partial charge in [0.15, 0.2) is 5.88 Å². The van der Waals surface area contributed by atoms with E-state index < -0.39 is 0 Å². The molecule has 1 aromatic carbocycles. The summed E-state index contributed by atoms with van der Waals surface area (Å²) in [6, 6.07) is 3.52. The topological polar surface area (TPSA) is 82.7 Å². The first-order chi connectivity index (χ1) is 18.0. The minimum Gasteiger partial charge on any atom is -0.507 e. The van der Waals surface area contributed by atoms with E-state index in [-0.39, 0.29) is 28.0 Å². The second kappa shape index (κ2) is 12.6. The maximum absolute atomic E-state index is 12.6. The number of thioether (sulfide) groups is 4. The molecule has 2 aliphatic rings. The first kappa shape index (κ1) is 29.9. The minimum absolute atomic E-state index is 0.000994. The highest BCUT2D eigenvalue weighted by Gasteiger charge is 2.27. The Hall–Kier alpha value is -1.03. The molecule has 210 valence electrons. The maximum atomic E-state index is 12.6. The van der Waals surface area contributed by atoms with Crippen LogP contribution in [0.25, 0.3) is 0 Å². The molecule has 1 aromatic heterocycles. The Kier molecular flexibility index (Phi) is 9.97. The molecule has 0 aliphatic carbocycles. The van der Waals surface area contributed by atoms with Gasteiger partial charge in [0.25, 0.3) is 5.56 Å². The quantitative estimate of drug-likeness (QED) is 0.218. The third kappa shape index (κ3) is 7.38. The van der Waals surface area contributed by atoms with Crippen molar-refractivity contribution in [3.63, 3.8) is 0 Å². The van der Waals surface area contributed by atoms with Crippen molar-refractivity contribution < 1.29 is 15.3 Å². The van der Waals surface area contributed by atoms with Crippen molar-refractivity contribution >= 4 is 47.0 Å². The Morgan fingerprint density at radius 1 is 0.842 bits per heavy atom. The van der Waals surface area contributed by atoms with Crippen molar-refractivity contribution in [2.45, 2.75) is 76.1 Å². The Labute approximate surface area is 244 Å². The molecule has 38 heavy (non-hydrogen) atoms. The lowest BCUT2D eigenvalue weighted by Crippen LogP contribution is -2.29. The molecule has 4 rings (SSSR count). The number of nitrogens with zero attached hydrogens (tertiary/aromatic N) is 1. The van der Waals surface area contributed by atoms with Gasteiger partial charge < -0.3 is 15.3 Å². The molecule has 0 bridgehead atoms. The van der Waals surface area contributed by atoms with Gasteiger partial charge in [0, 0.05) is 62.1 Å². The van der Waals surface area contributed by atoms with Crippen molar-refractivity contribution in [3.05, 3.63) is 39.2 Å². The molecule has 0 saturated carbocycles. The first-order valence-electron chi connectivity index (χ1n) is 13.4. The number of fused-ring (bicyclic) bond motifs is 2. The summed E-state index contributed by atoms with van der Waals surface area (Å²) < 4.78 is 1.56. The third-order valence-corrected chi connectivity index (χ3v) is 11.9. The van der Waals surface area contributed by atoms with Crippen LogP contribution in [0.5, 0.6) is 17.4 Å². The van der Waals surface area contributed by atoms with E-state index in [0.717, 1.165) is 81.1 Å². The molecule has 5 nitrogen and oxygen atoms in total. The molecule has 0 saturated heterocycles.